The van der Waals surface area contributed by atoms with Gasteiger partial charge in [0.25, 0.3) is 0 Å². The Kier molecular flexibility index (Phi) is 5.01. The van der Waals surface area contributed by atoms with Crippen molar-refractivity contribution in [2.75, 3.05) is 6.61 Å². The average molecular weight is 248 g/mol. The molecule has 0 amide bonds. The molecule has 0 aromatic carbocycles. The number of halogens is 1. The van der Waals surface area contributed by atoms with Crippen molar-refractivity contribution < 1.29 is 9.53 Å². The van der Waals surface area contributed by atoms with Crippen molar-refractivity contribution in [3.63, 3.8) is 0 Å². The van der Waals surface area contributed by atoms with Gasteiger partial charge in [0.05, 0.1) is 19.1 Å². The second kappa shape index (κ2) is 5.23. The summed E-state index contributed by atoms with van der Waals surface area (Å²) in [4.78, 5) is 10.8. The molecule has 4 heteroatoms. The Morgan fingerprint density at radius 3 is 2.62 bits per heavy atom. The Labute approximate surface area is 87.2 Å². The quantitative estimate of drug-likeness (QED) is 0.566. The van der Waals surface area contributed by atoms with E-state index in [1.165, 1.54) is 0 Å². The minimum Gasteiger partial charge on any atom is -0.466 e. The highest BCUT2D eigenvalue weighted by Crippen LogP contribution is 2.30. The molecule has 0 spiro atoms. The number of carbonyl (C=O) groups is 1. The van der Waals surface area contributed by atoms with E-state index in [2.05, 4.69) is 22.0 Å². The van der Waals surface area contributed by atoms with Gasteiger partial charge in [-0.15, -0.1) is 0 Å². The van der Waals surface area contributed by atoms with Crippen LogP contribution in [-0.4, -0.2) is 17.4 Å². The Morgan fingerprint density at radius 1 is 1.69 bits per heavy atom. The van der Waals surface area contributed by atoms with Gasteiger partial charge in [0.15, 0.2) is 0 Å². The number of nitriles is 1. The molecule has 0 radical (unpaired) electrons. The lowest BCUT2D eigenvalue weighted by Gasteiger charge is -2.24. The van der Waals surface area contributed by atoms with Crippen LogP contribution < -0.4 is 0 Å². The first-order valence-corrected chi connectivity index (χ1v) is 5.05. The maximum Gasteiger partial charge on any atom is 0.306 e. The van der Waals surface area contributed by atoms with Crippen molar-refractivity contribution in [1.82, 2.24) is 0 Å². The van der Waals surface area contributed by atoms with Gasteiger partial charge in [-0.05, 0) is 6.92 Å². The number of carbonyl (C=O) groups excluding carboxylic acids is 1. The second-order valence-corrected chi connectivity index (χ2v) is 4.38. The van der Waals surface area contributed by atoms with Gasteiger partial charge in [0.1, 0.15) is 4.83 Å². The lowest BCUT2D eigenvalue weighted by Crippen LogP contribution is -2.27. The zero-order valence-electron chi connectivity index (χ0n) is 8.13. The molecule has 13 heavy (non-hydrogen) atoms. The van der Waals surface area contributed by atoms with Crippen LogP contribution in [0.3, 0.4) is 0 Å². The molecule has 0 saturated heterocycles. The fourth-order valence-electron chi connectivity index (χ4n) is 0.848. The largest absolute Gasteiger partial charge is 0.466 e. The summed E-state index contributed by atoms with van der Waals surface area (Å²) in [6.07, 6.45) is 0.254. The van der Waals surface area contributed by atoms with Crippen molar-refractivity contribution in [3.8, 4) is 6.07 Å². The number of hydrogen-bond donors (Lipinski definition) is 0. The Hall–Kier alpha value is -0.560. The van der Waals surface area contributed by atoms with E-state index in [0.717, 1.165) is 0 Å². The molecule has 0 fully saturated rings. The van der Waals surface area contributed by atoms with Gasteiger partial charge in [-0.3, -0.25) is 4.79 Å². The molecular formula is C9H14BrNO2. The summed E-state index contributed by atoms with van der Waals surface area (Å²) in [7, 11) is 0. The Bertz CT molecular complexity index is 220. The zero-order chi connectivity index (χ0) is 10.5. The second-order valence-electron chi connectivity index (χ2n) is 3.46. The molecule has 0 aliphatic rings. The van der Waals surface area contributed by atoms with Crippen molar-refractivity contribution in [1.29, 1.82) is 5.26 Å². The summed E-state index contributed by atoms with van der Waals surface area (Å²) in [6.45, 7) is 5.86. The van der Waals surface area contributed by atoms with E-state index in [0.29, 0.717) is 6.61 Å². The molecule has 0 bridgehead atoms. The van der Waals surface area contributed by atoms with Gasteiger partial charge in [-0.25, -0.2) is 0 Å². The minimum absolute atomic E-state index is 0.254. The number of esters is 1. The van der Waals surface area contributed by atoms with Crippen LogP contribution in [0.25, 0.3) is 0 Å². The predicted octanol–water partition coefficient (Wildman–Crippen LogP) is 2.25. The van der Waals surface area contributed by atoms with Crippen LogP contribution in [0, 0.1) is 16.7 Å². The number of hydrogen-bond acceptors (Lipinski definition) is 3. The van der Waals surface area contributed by atoms with E-state index in [4.69, 9.17) is 10.00 Å². The lowest BCUT2D eigenvalue weighted by atomic mass is 9.86. The first-order chi connectivity index (χ1) is 5.94. The molecule has 74 valence electrons. The SMILES string of the molecule is CCOC(=O)CC(C)(C)C(Br)C#N. The van der Waals surface area contributed by atoms with Crippen LogP contribution in [-0.2, 0) is 9.53 Å². The predicted molar refractivity (Wildman–Crippen MR) is 53.4 cm³/mol. The smallest absolute Gasteiger partial charge is 0.306 e. The molecule has 0 aliphatic carbocycles. The molecule has 0 rings (SSSR count). The molecule has 3 nitrogen and oxygen atoms in total. The van der Waals surface area contributed by atoms with Crippen LogP contribution in [0.5, 0.6) is 0 Å². The van der Waals surface area contributed by atoms with Crippen LogP contribution >= 0.6 is 15.9 Å². The van der Waals surface area contributed by atoms with E-state index in [1.807, 2.05) is 13.8 Å². The summed E-state index contributed by atoms with van der Waals surface area (Å²) >= 11 is 3.21. The summed E-state index contributed by atoms with van der Waals surface area (Å²) in [5, 5.41) is 8.66. The fourth-order valence-corrected chi connectivity index (χ4v) is 1.01. The van der Waals surface area contributed by atoms with Gasteiger partial charge in [-0.1, -0.05) is 29.8 Å². The van der Waals surface area contributed by atoms with E-state index in [1.54, 1.807) is 6.92 Å². The molecule has 0 aliphatic heterocycles. The summed E-state index contributed by atoms with van der Waals surface area (Å²) in [6, 6.07) is 2.06. The van der Waals surface area contributed by atoms with Crippen LogP contribution in [0.4, 0.5) is 0 Å². The van der Waals surface area contributed by atoms with Crippen LogP contribution in [0.1, 0.15) is 27.2 Å². The highest BCUT2D eigenvalue weighted by atomic mass is 79.9. The standard InChI is InChI=1S/C9H14BrNO2/c1-4-13-8(12)5-9(2,3)7(10)6-11/h7H,4-5H2,1-3H3. The van der Waals surface area contributed by atoms with E-state index >= 15 is 0 Å². The average Bonchev–Trinajstić information content (AvgIpc) is 2.02. The van der Waals surface area contributed by atoms with Gasteiger partial charge in [0.2, 0.25) is 0 Å². The number of alkyl halides is 1. The van der Waals surface area contributed by atoms with Crippen LogP contribution in [0.2, 0.25) is 0 Å². The van der Waals surface area contributed by atoms with Crippen molar-refractivity contribution in [2.24, 2.45) is 5.41 Å². The van der Waals surface area contributed by atoms with E-state index in [9.17, 15) is 4.79 Å². The minimum atomic E-state index is -0.388. The third kappa shape index (κ3) is 4.28. The number of rotatable bonds is 4. The molecule has 0 heterocycles. The third-order valence-corrected chi connectivity index (χ3v) is 3.15. The number of nitrogens with zero attached hydrogens (tertiary/aromatic N) is 1. The molecule has 0 saturated carbocycles. The topological polar surface area (TPSA) is 50.1 Å². The maximum atomic E-state index is 11.1. The molecule has 0 aromatic heterocycles. The maximum absolute atomic E-state index is 11.1. The van der Waals surface area contributed by atoms with E-state index in [-0.39, 0.29) is 22.6 Å². The van der Waals surface area contributed by atoms with Crippen molar-refractivity contribution in [2.45, 2.75) is 32.0 Å². The molecule has 1 atom stereocenters. The third-order valence-electron chi connectivity index (χ3n) is 1.70. The van der Waals surface area contributed by atoms with Gasteiger partial charge in [0, 0.05) is 5.41 Å². The monoisotopic (exact) mass is 247 g/mol. The van der Waals surface area contributed by atoms with Crippen LogP contribution in [0.15, 0.2) is 0 Å². The number of ether oxygens (including phenoxy) is 1. The van der Waals surface area contributed by atoms with Gasteiger partial charge < -0.3 is 4.74 Å². The highest BCUT2D eigenvalue weighted by Gasteiger charge is 2.30. The Balaban J connectivity index is 4.18. The normalized spacial score (nSPS) is 13.2. The highest BCUT2D eigenvalue weighted by molar-refractivity contribution is 9.09. The lowest BCUT2D eigenvalue weighted by molar-refractivity contribution is -0.145. The van der Waals surface area contributed by atoms with Gasteiger partial charge in [-0.2, -0.15) is 5.26 Å². The fraction of sp³-hybridized carbons (Fsp3) is 0.778. The van der Waals surface area contributed by atoms with Crippen molar-refractivity contribution >= 4 is 21.9 Å². The van der Waals surface area contributed by atoms with Gasteiger partial charge >= 0.3 is 5.97 Å². The summed E-state index contributed by atoms with van der Waals surface area (Å²) in [5.41, 5.74) is -0.388. The Morgan fingerprint density at radius 2 is 2.23 bits per heavy atom. The summed E-state index contributed by atoms with van der Waals surface area (Å²) in [5.74, 6) is -0.257. The van der Waals surface area contributed by atoms with E-state index < -0.39 is 0 Å². The first-order valence-electron chi connectivity index (χ1n) is 4.13. The molecule has 0 aromatic rings. The zero-order valence-corrected chi connectivity index (χ0v) is 9.72. The first kappa shape index (κ1) is 12.4. The summed E-state index contributed by atoms with van der Waals surface area (Å²) < 4.78 is 4.80. The van der Waals surface area contributed by atoms with Crippen molar-refractivity contribution in [3.05, 3.63) is 0 Å². The molecule has 0 N–H and O–H groups in total. The molecular weight excluding hydrogens is 234 g/mol. The molecule has 1 unspecified atom stereocenters.